The van der Waals surface area contributed by atoms with E-state index in [1.165, 1.54) is 19.2 Å². The Morgan fingerprint density at radius 3 is 2.52 bits per heavy atom. The van der Waals surface area contributed by atoms with E-state index in [1.807, 2.05) is 0 Å². The van der Waals surface area contributed by atoms with Crippen LogP contribution >= 0.6 is 0 Å². The molecule has 0 aromatic heterocycles. The van der Waals surface area contributed by atoms with E-state index in [-0.39, 0.29) is 23.4 Å². The van der Waals surface area contributed by atoms with Crippen LogP contribution in [0.5, 0.6) is 0 Å². The maximum Gasteiger partial charge on any atom is 0.409 e. The van der Waals surface area contributed by atoms with Crippen molar-refractivity contribution in [3.63, 3.8) is 0 Å². The van der Waals surface area contributed by atoms with Crippen molar-refractivity contribution in [3.05, 3.63) is 30.1 Å². The van der Waals surface area contributed by atoms with Crippen LogP contribution in [0.4, 0.5) is 19.7 Å². The van der Waals surface area contributed by atoms with Gasteiger partial charge in [-0.05, 0) is 31.0 Å². The summed E-state index contributed by atoms with van der Waals surface area (Å²) in [5.41, 5.74) is 0.556. The second-order valence-corrected chi connectivity index (χ2v) is 6.25. The molecule has 23 heavy (non-hydrogen) atoms. The van der Waals surface area contributed by atoms with Gasteiger partial charge in [0.1, 0.15) is 5.82 Å². The minimum absolute atomic E-state index is 0.101. The molecule has 2 aliphatic rings. The normalized spacial score (nSPS) is 19.2. The summed E-state index contributed by atoms with van der Waals surface area (Å²) in [4.78, 5) is 27.1. The second-order valence-electron chi connectivity index (χ2n) is 6.25. The van der Waals surface area contributed by atoms with Gasteiger partial charge in [-0.2, -0.15) is 0 Å². The minimum atomic E-state index is -0.377. The van der Waals surface area contributed by atoms with E-state index in [0.717, 1.165) is 12.8 Å². The molecule has 7 heteroatoms. The van der Waals surface area contributed by atoms with Gasteiger partial charge in [0.05, 0.1) is 7.11 Å². The Hall–Kier alpha value is -2.31. The fraction of sp³-hybridized carbons (Fsp3) is 0.500. The van der Waals surface area contributed by atoms with Gasteiger partial charge >= 0.3 is 12.1 Å². The Kier molecular flexibility index (Phi) is 4.11. The largest absolute Gasteiger partial charge is 0.453 e. The summed E-state index contributed by atoms with van der Waals surface area (Å²) in [5.74, 6) is -0.377. The van der Waals surface area contributed by atoms with Crippen LogP contribution in [0.1, 0.15) is 12.8 Å². The molecule has 1 aromatic carbocycles. The van der Waals surface area contributed by atoms with E-state index in [1.54, 1.807) is 21.9 Å². The highest BCUT2D eigenvalue weighted by molar-refractivity contribution is 5.90. The molecular weight excluding hydrogens is 301 g/mol. The first-order valence-electron chi connectivity index (χ1n) is 7.66. The lowest BCUT2D eigenvalue weighted by Gasteiger charge is -2.53. The Morgan fingerprint density at radius 1 is 1.22 bits per heavy atom. The maximum absolute atomic E-state index is 13.1. The van der Waals surface area contributed by atoms with Crippen molar-refractivity contribution in [1.29, 1.82) is 0 Å². The molecule has 6 nitrogen and oxygen atoms in total. The number of carbonyl (C=O) groups is 2. The summed E-state index contributed by atoms with van der Waals surface area (Å²) in [6.45, 7) is 2.66. The molecule has 0 atom stereocenters. The number of carbonyl (C=O) groups excluding carboxylic acids is 2. The predicted molar refractivity (Wildman–Crippen MR) is 82.6 cm³/mol. The number of amides is 3. The SMILES string of the molecule is COC(=O)N1CCC2(CC1)CN(C(=O)Nc1cccc(F)c1)C2. The molecule has 0 aliphatic carbocycles. The number of urea groups is 1. The van der Waals surface area contributed by atoms with Crippen molar-refractivity contribution in [3.8, 4) is 0 Å². The number of nitrogens with zero attached hydrogens (tertiary/aromatic N) is 2. The molecule has 1 aromatic rings. The van der Waals surface area contributed by atoms with Crippen molar-refractivity contribution >= 4 is 17.8 Å². The fourth-order valence-corrected chi connectivity index (χ4v) is 3.28. The molecule has 2 heterocycles. The van der Waals surface area contributed by atoms with Gasteiger partial charge in [0.25, 0.3) is 0 Å². The Balaban J connectivity index is 1.49. The summed E-state index contributed by atoms with van der Waals surface area (Å²) in [6, 6.07) is 5.64. The maximum atomic E-state index is 13.1. The molecule has 0 bridgehead atoms. The average molecular weight is 321 g/mol. The molecule has 0 saturated carbocycles. The van der Waals surface area contributed by atoms with E-state index in [0.29, 0.717) is 31.9 Å². The number of hydrogen-bond donors (Lipinski definition) is 1. The number of hydrogen-bond acceptors (Lipinski definition) is 3. The number of nitrogens with one attached hydrogen (secondary N) is 1. The third-order valence-corrected chi connectivity index (χ3v) is 4.67. The Morgan fingerprint density at radius 2 is 1.91 bits per heavy atom. The topological polar surface area (TPSA) is 61.9 Å². The minimum Gasteiger partial charge on any atom is -0.453 e. The van der Waals surface area contributed by atoms with Crippen LogP contribution in [0, 0.1) is 11.2 Å². The van der Waals surface area contributed by atoms with Crippen LogP contribution in [-0.4, -0.2) is 55.2 Å². The number of rotatable bonds is 1. The van der Waals surface area contributed by atoms with Crippen LogP contribution < -0.4 is 5.32 Å². The second kappa shape index (κ2) is 6.06. The first-order chi connectivity index (χ1) is 11.0. The van der Waals surface area contributed by atoms with Gasteiger partial charge in [-0.15, -0.1) is 0 Å². The van der Waals surface area contributed by atoms with Crippen molar-refractivity contribution < 1.29 is 18.7 Å². The lowest BCUT2D eigenvalue weighted by atomic mass is 9.72. The third kappa shape index (κ3) is 3.23. The van der Waals surface area contributed by atoms with Crippen LogP contribution in [0.2, 0.25) is 0 Å². The lowest BCUT2D eigenvalue weighted by Crippen LogP contribution is -2.63. The lowest BCUT2D eigenvalue weighted by molar-refractivity contribution is -0.0162. The standard InChI is InChI=1S/C16H20FN3O3/c1-23-15(22)19-7-5-16(6-8-19)10-20(11-16)14(21)18-13-4-2-3-12(17)9-13/h2-4,9H,5-8,10-11H2,1H3,(H,18,21). The molecule has 0 radical (unpaired) electrons. The van der Waals surface area contributed by atoms with Gasteiger partial charge in [-0.25, -0.2) is 14.0 Å². The first-order valence-corrected chi connectivity index (χ1v) is 7.66. The fourth-order valence-electron chi connectivity index (χ4n) is 3.28. The van der Waals surface area contributed by atoms with E-state index < -0.39 is 0 Å². The summed E-state index contributed by atoms with van der Waals surface area (Å²) in [6.07, 6.45) is 1.44. The van der Waals surface area contributed by atoms with E-state index in [2.05, 4.69) is 5.32 Å². The zero-order valence-electron chi connectivity index (χ0n) is 13.0. The smallest absolute Gasteiger partial charge is 0.409 e. The summed E-state index contributed by atoms with van der Waals surface area (Å²) in [7, 11) is 1.38. The molecule has 2 saturated heterocycles. The quantitative estimate of drug-likeness (QED) is 0.864. The summed E-state index contributed by atoms with van der Waals surface area (Å²) >= 11 is 0. The number of anilines is 1. The molecule has 1 N–H and O–H groups in total. The molecule has 1 spiro atoms. The zero-order chi connectivity index (χ0) is 16.4. The third-order valence-electron chi connectivity index (χ3n) is 4.67. The molecule has 3 rings (SSSR count). The number of benzene rings is 1. The van der Waals surface area contributed by atoms with E-state index in [9.17, 15) is 14.0 Å². The Labute approximate surface area is 134 Å². The summed E-state index contributed by atoms with van der Waals surface area (Å²) < 4.78 is 17.9. The van der Waals surface area contributed by atoms with E-state index >= 15 is 0 Å². The molecule has 2 fully saturated rings. The van der Waals surface area contributed by atoms with E-state index in [4.69, 9.17) is 4.74 Å². The van der Waals surface area contributed by atoms with Gasteiger partial charge in [-0.1, -0.05) is 6.07 Å². The van der Waals surface area contributed by atoms with Crippen LogP contribution in [-0.2, 0) is 4.74 Å². The van der Waals surface area contributed by atoms with Crippen LogP contribution in [0.25, 0.3) is 0 Å². The number of likely N-dealkylation sites (tertiary alicyclic amines) is 2. The summed E-state index contributed by atoms with van der Waals surface area (Å²) in [5, 5.41) is 2.71. The van der Waals surface area contributed by atoms with Gasteiger partial charge < -0.3 is 19.9 Å². The van der Waals surface area contributed by atoms with Gasteiger partial charge in [0, 0.05) is 37.3 Å². The highest BCUT2D eigenvalue weighted by Gasteiger charge is 2.47. The van der Waals surface area contributed by atoms with Gasteiger partial charge in [0.15, 0.2) is 0 Å². The molecule has 2 aliphatic heterocycles. The van der Waals surface area contributed by atoms with Crippen molar-refractivity contribution in [2.24, 2.45) is 5.41 Å². The number of piperidine rings is 1. The Bertz CT molecular complexity index is 606. The number of ether oxygens (including phenoxy) is 1. The number of methoxy groups -OCH3 is 1. The van der Waals surface area contributed by atoms with Crippen LogP contribution in [0.3, 0.4) is 0 Å². The van der Waals surface area contributed by atoms with Crippen molar-refractivity contribution in [2.45, 2.75) is 12.8 Å². The van der Waals surface area contributed by atoms with Crippen LogP contribution in [0.15, 0.2) is 24.3 Å². The number of halogens is 1. The molecule has 124 valence electrons. The molecule has 3 amide bonds. The van der Waals surface area contributed by atoms with Gasteiger partial charge in [-0.3, -0.25) is 0 Å². The van der Waals surface area contributed by atoms with Gasteiger partial charge in [0.2, 0.25) is 0 Å². The average Bonchev–Trinajstić information content (AvgIpc) is 2.52. The first kappa shape index (κ1) is 15.6. The highest BCUT2D eigenvalue weighted by Crippen LogP contribution is 2.40. The van der Waals surface area contributed by atoms with Crippen molar-refractivity contribution in [2.75, 3.05) is 38.6 Å². The highest BCUT2D eigenvalue weighted by atomic mass is 19.1. The predicted octanol–water partition coefficient (Wildman–Crippen LogP) is 2.52. The monoisotopic (exact) mass is 321 g/mol. The van der Waals surface area contributed by atoms with Crippen molar-refractivity contribution in [1.82, 2.24) is 9.80 Å². The zero-order valence-corrected chi connectivity index (χ0v) is 13.0. The molecular formula is C16H20FN3O3. The molecule has 0 unspecified atom stereocenters.